The molecule has 0 saturated heterocycles. The number of hydrogen-bond donors (Lipinski definition) is 2. The highest BCUT2D eigenvalue weighted by Crippen LogP contribution is 2.34. The first-order chi connectivity index (χ1) is 7.94. The fourth-order valence-corrected chi connectivity index (χ4v) is 5.22. The van der Waals surface area contributed by atoms with Crippen molar-refractivity contribution in [1.82, 2.24) is 4.72 Å². The summed E-state index contributed by atoms with van der Waals surface area (Å²) in [7, 11) is -3.42. The standard InChI is InChI=1S/C10H15BrN2O2S2/c1-6-4-9(16-10(6)11)17(14,15)13-8(5-12)7-2-3-7/h4,7-8,13H,2-3,5,12H2,1H3. The number of nitrogens with one attached hydrogen (secondary N) is 1. The molecule has 1 aromatic heterocycles. The number of hydrogen-bond acceptors (Lipinski definition) is 4. The quantitative estimate of drug-likeness (QED) is 0.860. The van der Waals surface area contributed by atoms with Gasteiger partial charge in [-0.15, -0.1) is 11.3 Å². The summed E-state index contributed by atoms with van der Waals surface area (Å²) in [5, 5.41) is 0. The molecule has 0 radical (unpaired) electrons. The summed E-state index contributed by atoms with van der Waals surface area (Å²) in [4.78, 5) is 0. The minimum absolute atomic E-state index is 0.124. The maximum atomic E-state index is 12.1. The molecule has 2 rings (SSSR count). The Morgan fingerprint density at radius 3 is 2.71 bits per heavy atom. The first-order valence-corrected chi connectivity index (χ1v) is 8.51. The molecule has 0 amide bonds. The van der Waals surface area contributed by atoms with Gasteiger partial charge in [0.2, 0.25) is 10.0 Å². The molecule has 1 saturated carbocycles. The van der Waals surface area contributed by atoms with Crippen LogP contribution in [0.2, 0.25) is 0 Å². The van der Waals surface area contributed by atoms with Crippen molar-refractivity contribution in [2.45, 2.75) is 30.0 Å². The molecular formula is C10H15BrN2O2S2. The lowest BCUT2D eigenvalue weighted by Crippen LogP contribution is -2.41. The highest BCUT2D eigenvalue weighted by Gasteiger charge is 2.33. The normalized spacial score (nSPS) is 18.3. The summed E-state index contributed by atoms with van der Waals surface area (Å²) < 4.78 is 28.1. The Hall–Kier alpha value is 0.0500. The van der Waals surface area contributed by atoms with Crippen LogP contribution in [0.1, 0.15) is 18.4 Å². The second-order valence-corrected chi connectivity index (χ2v) is 8.63. The summed E-state index contributed by atoms with van der Waals surface area (Å²) in [5.41, 5.74) is 6.54. The van der Waals surface area contributed by atoms with Gasteiger partial charge in [0, 0.05) is 12.6 Å². The molecule has 0 bridgehead atoms. The topological polar surface area (TPSA) is 72.2 Å². The van der Waals surface area contributed by atoms with Crippen molar-refractivity contribution in [2.24, 2.45) is 11.7 Å². The Balaban J connectivity index is 2.17. The lowest BCUT2D eigenvalue weighted by atomic mass is 10.2. The molecular weight excluding hydrogens is 324 g/mol. The van der Waals surface area contributed by atoms with E-state index < -0.39 is 10.0 Å². The van der Waals surface area contributed by atoms with Crippen molar-refractivity contribution in [1.29, 1.82) is 0 Å². The first-order valence-electron chi connectivity index (χ1n) is 5.42. The van der Waals surface area contributed by atoms with Crippen LogP contribution < -0.4 is 10.5 Å². The van der Waals surface area contributed by atoms with Gasteiger partial charge in [-0.05, 0) is 53.2 Å². The van der Waals surface area contributed by atoms with Crippen molar-refractivity contribution < 1.29 is 8.42 Å². The molecule has 1 unspecified atom stereocenters. The van der Waals surface area contributed by atoms with Crippen molar-refractivity contribution in [2.75, 3.05) is 6.54 Å². The van der Waals surface area contributed by atoms with Crippen molar-refractivity contribution in [3.8, 4) is 0 Å². The average molecular weight is 339 g/mol. The van der Waals surface area contributed by atoms with Gasteiger partial charge in [-0.25, -0.2) is 13.1 Å². The highest BCUT2D eigenvalue weighted by atomic mass is 79.9. The SMILES string of the molecule is Cc1cc(S(=O)(=O)NC(CN)C2CC2)sc1Br. The second kappa shape index (κ2) is 4.97. The predicted molar refractivity (Wildman–Crippen MR) is 72.6 cm³/mol. The molecule has 1 atom stereocenters. The molecule has 0 aromatic carbocycles. The molecule has 1 aromatic rings. The zero-order valence-electron chi connectivity index (χ0n) is 9.44. The Kier molecular flexibility index (Phi) is 3.94. The van der Waals surface area contributed by atoms with Crippen LogP contribution in [-0.2, 0) is 10.0 Å². The van der Waals surface area contributed by atoms with Crippen LogP contribution in [0.5, 0.6) is 0 Å². The van der Waals surface area contributed by atoms with Crippen molar-refractivity contribution in [3.63, 3.8) is 0 Å². The van der Waals surface area contributed by atoms with Crippen LogP contribution in [0, 0.1) is 12.8 Å². The van der Waals surface area contributed by atoms with Crippen molar-refractivity contribution in [3.05, 3.63) is 15.4 Å². The van der Waals surface area contributed by atoms with E-state index in [9.17, 15) is 8.42 Å². The predicted octanol–water partition coefficient (Wildman–Crippen LogP) is 1.83. The Labute approximate surface area is 114 Å². The number of nitrogens with two attached hydrogens (primary N) is 1. The Morgan fingerprint density at radius 1 is 1.65 bits per heavy atom. The molecule has 0 spiro atoms. The van der Waals surface area contributed by atoms with Crippen LogP contribution >= 0.6 is 27.3 Å². The summed E-state index contributed by atoms with van der Waals surface area (Å²) in [6, 6.07) is 1.55. The molecule has 17 heavy (non-hydrogen) atoms. The number of rotatable bonds is 5. The van der Waals surface area contributed by atoms with Gasteiger partial charge < -0.3 is 5.73 Å². The summed E-state index contributed by atoms with van der Waals surface area (Å²) >= 11 is 4.57. The molecule has 1 aliphatic rings. The largest absolute Gasteiger partial charge is 0.329 e. The van der Waals surface area contributed by atoms with E-state index in [1.54, 1.807) is 6.07 Å². The van der Waals surface area contributed by atoms with Crippen LogP contribution in [-0.4, -0.2) is 21.0 Å². The van der Waals surface area contributed by atoms with Gasteiger partial charge in [-0.2, -0.15) is 0 Å². The van der Waals surface area contributed by atoms with E-state index in [2.05, 4.69) is 20.7 Å². The van der Waals surface area contributed by atoms with Gasteiger partial charge in [-0.3, -0.25) is 0 Å². The van der Waals surface area contributed by atoms with E-state index in [0.29, 0.717) is 16.7 Å². The van der Waals surface area contributed by atoms with Gasteiger partial charge in [0.15, 0.2) is 0 Å². The molecule has 1 aliphatic carbocycles. The fourth-order valence-electron chi connectivity index (χ4n) is 1.66. The van der Waals surface area contributed by atoms with Gasteiger partial charge in [-0.1, -0.05) is 0 Å². The zero-order chi connectivity index (χ0) is 12.6. The molecule has 0 aliphatic heterocycles. The Bertz CT molecular complexity index is 489. The van der Waals surface area contributed by atoms with Crippen LogP contribution in [0.25, 0.3) is 0 Å². The fraction of sp³-hybridized carbons (Fsp3) is 0.600. The van der Waals surface area contributed by atoms with E-state index in [1.165, 1.54) is 11.3 Å². The molecule has 1 fully saturated rings. The number of thiophene rings is 1. The third kappa shape index (κ3) is 3.08. The van der Waals surface area contributed by atoms with Crippen LogP contribution in [0.15, 0.2) is 14.1 Å². The van der Waals surface area contributed by atoms with Gasteiger partial charge in [0.1, 0.15) is 4.21 Å². The Morgan fingerprint density at radius 2 is 2.29 bits per heavy atom. The molecule has 96 valence electrons. The van der Waals surface area contributed by atoms with Crippen LogP contribution in [0.3, 0.4) is 0 Å². The van der Waals surface area contributed by atoms with Crippen LogP contribution in [0.4, 0.5) is 0 Å². The number of halogens is 1. The summed E-state index contributed by atoms with van der Waals surface area (Å²) in [6.07, 6.45) is 2.13. The van der Waals surface area contributed by atoms with Gasteiger partial charge in [0.05, 0.1) is 3.79 Å². The van der Waals surface area contributed by atoms with Gasteiger partial charge >= 0.3 is 0 Å². The molecule has 7 heteroatoms. The zero-order valence-corrected chi connectivity index (χ0v) is 12.7. The lowest BCUT2D eigenvalue weighted by Gasteiger charge is -2.15. The minimum atomic E-state index is -3.42. The third-order valence-corrected chi connectivity index (χ3v) is 6.95. The first kappa shape index (κ1) is 13.5. The summed E-state index contributed by atoms with van der Waals surface area (Å²) in [6.45, 7) is 2.23. The third-order valence-electron chi connectivity index (χ3n) is 2.85. The second-order valence-electron chi connectivity index (χ2n) is 4.32. The number of sulfonamides is 1. The smallest absolute Gasteiger partial charge is 0.250 e. The molecule has 4 nitrogen and oxygen atoms in total. The maximum absolute atomic E-state index is 12.1. The van der Waals surface area contributed by atoms with Crippen molar-refractivity contribution >= 4 is 37.3 Å². The molecule has 3 N–H and O–H groups in total. The van der Waals surface area contributed by atoms with E-state index in [0.717, 1.165) is 22.2 Å². The minimum Gasteiger partial charge on any atom is -0.329 e. The van der Waals surface area contributed by atoms with E-state index in [-0.39, 0.29) is 6.04 Å². The van der Waals surface area contributed by atoms with E-state index in [4.69, 9.17) is 5.73 Å². The monoisotopic (exact) mass is 338 g/mol. The average Bonchev–Trinajstić information content (AvgIpc) is 3.03. The lowest BCUT2D eigenvalue weighted by molar-refractivity contribution is 0.520. The van der Waals surface area contributed by atoms with E-state index >= 15 is 0 Å². The van der Waals surface area contributed by atoms with Gasteiger partial charge in [0.25, 0.3) is 0 Å². The molecule has 1 heterocycles. The highest BCUT2D eigenvalue weighted by molar-refractivity contribution is 9.11. The van der Waals surface area contributed by atoms with E-state index in [1.807, 2.05) is 6.92 Å². The maximum Gasteiger partial charge on any atom is 0.250 e. The number of aryl methyl sites for hydroxylation is 1. The summed E-state index contributed by atoms with van der Waals surface area (Å²) in [5.74, 6) is 0.416.